The number of alkyl halides is 3. The van der Waals surface area contributed by atoms with Crippen LogP contribution in [-0.2, 0) is 9.59 Å². The molecule has 0 atom stereocenters. The second kappa shape index (κ2) is 19.5. The molecule has 1 rings (SSSR count). The van der Waals surface area contributed by atoms with Crippen molar-refractivity contribution < 1.29 is 22.8 Å². The zero-order valence-electron chi connectivity index (χ0n) is 20.2. The zero-order chi connectivity index (χ0) is 24.2. The molecule has 0 bridgehead atoms. The third kappa shape index (κ3) is 19.2. The van der Waals surface area contributed by atoms with Gasteiger partial charge in [-0.3, -0.25) is 9.59 Å². The summed E-state index contributed by atoms with van der Waals surface area (Å²) in [6, 6.07) is 12.0. The maximum absolute atomic E-state index is 11.3. The molecule has 0 saturated carbocycles. The topological polar surface area (TPSA) is 34.1 Å². The van der Waals surface area contributed by atoms with Crippen LogP contribution >= 0.6 is 7.26 Å². The fourth-order valence-electron chi connectivity index (χ4n) is 3.27. The predicted octanol–water partition coefficient (Wildman–Crippen LogP) is 7.94. The van der Waals surface area contributed by atoms with E-state index >= 15 is 0 Å². The van der Waals surface area contributed by atoms with Crippen LogP contribution in [0.2, 0.25) is 0 Å². The van der Waals surface area contributed by atoms with E-state index in [1.165, 1.54) is 44.7 Å². The Bertz CT molecular complexity index is 511. The van der Waals surface area contributed by atoms with E-state index in [4.69, 9.17) is 0 Å². The van der Waals surface area contributed by atoms with Crippen LogP contribution in [0.15, 0.2) is 36.4 Å². The Kier molecular flexibility index (Phi) is 20.1. The number of benzene rings is 1. The van der Waals surface area contributed by atoms with Gasteiger partial charge in [0.05, 0.1) is 6.42 Å². The number of hydrogen-bond donors (Lipinski definition) is 0. The van der Waals surface area contributed by atoms with Crippen molar-refractivity contribution in [1.29, 1.82) is 0 Å². The van der Waals surface area contributed by atoms with E-state index in [1.54, 1.807) is 18.5 Å². The molecule has 2 nitrogen and oxygen atoms in total. The van der Waals surface area contributed by atoms with Crippen LogP contribution < -0.4 is 0 Å². The largest absolute Gasteiger partial charge is 0.0623 e. The van der Waals surface area contributed by atoms with Crippen molar-refractivity contribution in [3.8, 4) is 0 Å². The zero-order valence-corrected chi connectivity index (χ0v) is 21.2. The van der Waals surface area contributed by atoms with Crippen molar-refractivity contribution in [2.45, 2.75) is 85.7 Å². The standard InChI is InChI=1S/C14H33P.C6H6.C5H5F3O2/c1-5-9-12-15(8-4,13-10-6-2)14-11-7-3;1-2-4-6-5-3-1;1-3(9)2-4(10)5(6,7)8/h15H,5-14H2,1-4H3;1-6H;2H2,1H3. The quantitative estimate of drug-likeness (QED) is 0.232. The number of carbonyl (C=O) groups is 2. The Labute approximate surface area is 188 Å². The molecular weight excluding hydrogens is 420 g/mol. The fraction of sp³-hybridized carbons (Fsp3) is 0.680. The first-order chi connectivity index (χ1) is 14.6. The number of carbonyl (C=O) groups excluding carboxylic acids is 2. The van der Waals surface area contributed by atoms with E-state index in [0.29, 0.717) is 0 Å². The van der Waals surface area contributed by atoms with E-state index in [0.717, 1.165) is 6.92 Å². The van der Waals surface area contributed by atoms with Crippen molar-refractivity contribution in [2.75, 3.05) is 24.6 Å². The molecule has 1 aromatic carbocycles. The van der Waals surface area contributed by atoms with Crippen molar-refractivity contribution >= 4 is 18.8 Å². The summed E-state index contributed by atoms with van der Waals surface area (Å²) in [5.41, 5.74) is 0. The Morgan fingerprint density at radius 2 is 1.03 bits per heavy atom. The van der Waals surface area contributed by atoms with Crippen LogP contribution in [0, 0.1) is 0 Å². The monoisotopic (exact) mass is 464 g/mol. The van der Waals surface area contributed by atoms with Crippen LogP contribution in [0.4, 0.5) is 13.2 Å². The Morgan fingerprint density at radius 1 is 0.710 bits per heavy atom. The number of rotatable bonds is 12. The normalized spacial score (nSPS) is 11.5. The van der Waals surface area contributed by atoms with E-state index < -0.39 is 31.4 Å². The molecule has 182 valence electrons. The number of halogens is 3. The first-order valence-corrected chi connectivity index (χ1v) is 14.5. The molecule has 0 unspecified atom stereocenters. The molecule has 0 heterocycles. The summed E-state index contributed by atoms with van der Waals surface area (Å²) in [6.07, 6.45) is 9.11. The van der Waals surface area contributed by atoms with Crippen LogP contribution in [0.5, 0.6) is 0 Å². The predicted molar refractivity (Wildman–Crippen MR) is 131 cm³/mol. The minimum atomic E-state index is -4.87. The maximum Gasteiger partial charge on any atom is -0.0623 e. The molecular formula is C25H44F3O2P. The van der Waals surface area contributed by atoms with Crippen molar-refractivity contribution in [1.82, 2.24) is 0 Å². The maximum atomic E-state index is 11.3. The average Bonchev–Trinajstić information content (AvgIpc) is 2.75. The van der Waals surface area contributed by atoms with Gasteiger partial charge in [0, 0.05) is 0 Å². The van der Waals surface area contributed by atoms with Gasteiger partial charge in [-0.1, -0.05) is 36.4 Å². The molecule has 0 N–H and O–H groups in total. The number of unbranched alkanes of at least 4 members (excludes halogenated alkanes) is 3. The summed E-state index contributed by atoms with van der Waals surface area (Å²) in [7, 11) is -0.832. The second-order valence-corrected chi connectivity index (χ2v) is 13.3. The van der Waals surface area contributed by atoms with E-state index in [2.05, 4.69) is 27.7 Å². The van der Waals surface area contributed by atoms with Crippen molar-refractivity contribution in [3.05, 3.63) is 36.4 Å². The molecule has 1 aromatic rings. The molecule has 0 radical (unpaired) electrons. The third-order valence-electron chi connectivity index (χ3n) is 5.32. The van der Waals surface area contributed by atoms with Crippen LogP contribution in [0.1, 0.15) is 79.6 Å². The summed E-state index contributed by atoms with van der Waals surface area (Å²) in [4.78, 5) is 19.9. The van der Waals surface area contributed by atoms with Gasteiger partial charge < -0.3 is 0 Å². The molecule has 0 amide bonds. The minimum absolute atomic E-state index is 0.776. The summed E-state index contributed by atoms with van der Waals surface area (Å²) in [6.45, 7) is 10.4. The summed E-state index contributed by atoms with van der Waals surface area (Å²) < 4.78 is 33.9. The molecule has 31 heavy (non-hydrogen) atoms. The first kappa shape index (κ1) is 32.0. The molecule has 6 heteroatoms. The molecule has 0 fully saturated rings. The summed E-state index contributed by atoms with van der Waals surface area (Å²) in [5.74, 6) is -2.76. The Balaban J connectivity index is 0. The van der Waals surface area contributed by atoms with Gasteiger partial charge in [-0.05, 0) is 6.92 Å². The van der Waals surface area contributed by atoms with E-state index in [-0.39, 0.29) is 0 Å². The van der Waals surface area contributed by atoms with E-state index in [9.17, 15) is 22.8 Å². The van der Waals surface area contributed by atoms with Gasteiger partial charge in [-0.15, -0.1) is 0 Å². The summed E-state index contributed by atoms with van der Waals surface area (Å²) >= 11 is 0. The Hall–Kier alpha value is -1.22. The van der Waals surface area contributed by atoms with Gasteiger partial charge >= 0.3 is 104 Å². The number of Topliss-reactive ketones (excluding diaryl/α,β-unsaturated/α-hetero) is 2. The Morgan fingerprint density at radius 3 is 1.19 bits per heavy atom. The van der Waals surface area contributed by atoms with Crippen LogP contribution in [-0.4, -0.2) is 42.4 Å². The van der Waals surface area contributed by atoms with Gasteiger partial charge in [-0.25, -0.2) is 0 Å². The molecule has 0 aliphatic heterocycles. The number of hydrogen-bond acceptors (Lipinski definition) is 2. The SMILES string of the molecule is CC(=O)CC(=O)C(F)(F)F.CCCC[PH](CC)(CCCC)CCCC.c1ccccc1. The van der Waals surface area contributed by atoms with Gasteiger partial charge in [0.25, 0.3) is 0 Å². The third-order valence-corrected chi connectivity index (χ3v) is 11.1. The van der Waals surface area contributed by atoms with Gasteiger partial charge in [0.2, 0.25) is 5.78 Å². The molecule has 0 spiro atoms. The summed E-state index contributed by atoms with van der Waals surface area (Å²) in [5, 5.41) is 0. The van der Waals surface area contributed by atoms with Crippen LogP contribution in [0.25, 0.3) is 0 Å². The van der Waals surface area contributed by atoms with Crippen molar-refractivity contribution in [3.63, 3.8) is 0 Å². The minimum Gasteiger partial charge on any atom is -0.0623 e. The smallest absolute Gasteiger partial charge is 0.0623 e. The number of ketones is 2. The molecule has 0 aliphatic carbocycles. The fourth-order valence-corrected chi connectivity index (χ4v) is 8.39. The van der Waals surface area contributed by atoms with E-state index in [1.807, 2.05) is 36.4 Å². The molecule has 0 saturated heterocycles. The molecule has 0 aromatic heterocycles. The second-order valence-electron chi connectivity index (χ2n) is 8.12. The van der Waals surface area contributed by atoms with Gasteiger partial charge in [0.1, 0.15) is 5.78 Å². The average molecular weight is 465 g/mol. The van der Waals surface area contributed by atoms with Crippen LogP contribution in [0.3, 0.4) is 0 Å². The van der Waals surface area contributed by atoms with Gasteiger partial charge in [0.15, 0.2) is 0 Å². The van der Waals surface area contributed by atoms with Crippen molar-refractivity contribution in [2.24, 2.45) is 0 Å². The first-order valence-electron chi connectivity index (χ1n) is 11.7. The van der Waals surface area contributed by atoms with Gasteiger partial charge in [-0.2, -0.15) is 13.2 Å². The molecule has 0 aliphatic rings.